The second-order valence-electron chi connectivity index (χ2n) is 2.55. The van der Waals surface area contributed by atoms with Crippen molar-refractivity contribution in [3.05, 3.63) is 12.2 Å². The summed E-state index contributed by atoms with van der Waals surface area (Å²) in [6.45, 7) is 0. The van der Waals surface area contributed by atoms with E-state index in [1.807, 2.05) is 0 Å². The molecule has 0 unspecified atom stereocenters. The highest BCUT2D eigenvalue weighted by atomic mass is 32.2. The minimum absolute atomic E-state index is 0.0659. The van der Waals surface area contributed by atoms with E-state index in [2.05, 4.69) is 0 Å². The average Bonchev–Trinajstić information content (AvgIpc) is 2.02. The Bertz CT molecular complexity index is 230. The highest BCUT2D eigenvalue weighted by Crippen LogP contribution is 2.47. The molecule has 8 heteroatoms. The van der Waals surface area contributed by atoms with Crippen molar-refractivity contribution in [2.24, 2.45) is 0 Å². The lowest BCUT2D eigenvalue weighted by Gasteiger charge is -2.25. The highest BCUT2D eigenvalue weighted by molar-refractivity contribution is 7.98. The molecule has 0 atom stereocenters. The third-order valence-electron chi connectivity index (χ3n) is 1.36. The molecule has 0 aliphatic carbocycles. The summed E-state index contributed by atoms with van der Waals surface area (Å²) in [5.41, 5.74) is 0. The Kier molecular flexibility index (Phi) is 4.50. The maximum absolute atomic E-state index is 12.5. The molecule has 15 heavy (non-hydrogen) atoms. The van der Waals surface area contributed by atoms with E-state index in [-0.39, 0.29) is 5.75 Å². The van der Waals surface area contributed by atoms with Gasteiger partial charge in [0.2, 0.25) is 0 Å². The maximum atomic E-state index is 12.5. The molecule has 0 amide bonds. The molecule has 0 radical (unpaired) electrons. The Morgan fingerprint density at radius 1 is 1.00 bits per heavy atom. The van der Waals surface area contributed by atoms with Crippen LogP contribution in [0, 0.1) is 0 Å². The predicted octanol–water partition coefficient (Wildman–Crippen LogP) is 3.74. The van der Waals surface area contributed by atoms with Gasteiger partial charge in [0.25, 0.3) is 0 Å². The first-order chi connectivity index (χ1) is 6.56. The van der Waals surface area contributed by atoms with Gasteiger partial charge < -0.3 is 0 Å². The molecule has 0 spiro atoms. The standard InChI is InChI=1S/C7H7F7S/c1-15-4-2-3-5(8,9)6(10,11)7(12,13)14/h2-3H,4H2,1H3. The van der Waals surface area contributed by atoms with Crippen molar-refractivity contribution in [3.8, 4) is 0 Å². The van der Waals surface area contributed by atoms with Gasteiger partial charge in [-0.05, 0) is 12.3 Å². The van der Waals surface area contributed by atoms with Crippen LogP contribution in [0.4, 0.5) is 30.7 Å². The lowest BCUT2D eigenvalue weighted by atomic mass is 10.1. The number of hydrogen-bond acceptors (Lipinski definition) is 1. The van der Waals surface area contributed by atoms with Gasteiger partial charge >= 0.3 is 18.0 Å². The first-order valence-corrected chi connectivity index (χ1v) is 4.94. The minimum Gasteiger partial charge on any atom is -0.195 e. The molecule has 0 saturated carbocycles. The van der Waals surface area contributed by atoms with Crippen molar-refractivity contribution in [1.82, 2.24) is 0 Å². The molecule has 0 nitrogen and oxygen atoms in total. The number of thioether (sulfide) groups is 1. The van der Waals surface area contributed by atoms with Crippen LogP contribution >= 0.6 is 11.8 Å². The van der Waals surface area contributed by atoms with Gasteiger partial charge in [-0.2, -0.15) is 42.5 Å². The van der Waals surface area contributed by atoms with E-state index >= 15 is 0 Å². The molecule has 0 N–H and O–H groups in total. The fourth-order valence-electron chi connectivity index (χ4n) is 0.586. The van der Waals surface area contributed by atoms with Crippen LogP contribution in [-0.4, -0.2) is 30.0 Å². The zero-order valence-electron chi connectivity index (χ0n) is 7.42. The molecule has 0 bridgehead atoms. The molecule has 0 aromatic rings. The average molecular weight is 256 g/mol. The van der Waals surface area contributed by atoms with Crippen LogP contribution in [0.25, 0.3) is 0 Å². The van der Waals surface area contributed by atoms with E-state index in [9.17, 15) is 30.7 Å². The topological polar surface area (TPSA) is 0 Å². The van der Waals surface area contributed by atoms with Crippen LogP contribution in [0.3, 0.4) is 0 Å². The molecule has 0 aliphatic rings. The fourth-order valence-corrected chi connectivity index (χ4v) is 0.875. The quantitative estimate of drug-likeness (QED) is 0.545. The van der Waals surface area contributed by atoms with Crippen molar-refractivity contribution < 1.29 is 30.7 Å². The fraction of sp³-hybridized carbons (Fsp3) is 0.714. The molecule has 0 saturated heterocycles. The second kappa shape index (κ2) is 4.63. The third kappa shape index (κ3) is 3.29. The summed E-state index contributed by atoms with van der Waals surface area (Å²) in [6.07, 6.45) is -4.62. The van der Waals surface area contributed by atoms with Crippen LogP contribution in [0.5, 0.6) is 0 Å². The van der Waals surface area contributed by atoms with E-state index in [0.717, 1.165) is 11.8 Å². The normalized spacial score (nSPS) is 14.9. The number of alkyl halides is 7. The van der Waals surface area contributed by atoms with Gasteiger partial charge in [-0.25, -0.2) is 0 Å². The molecule has 0 heterocycles. The van der Waals surface area contributed by atoms with E-state index < -0.39 is 24.1 Å². The largest absolute Gasteiger partial charge is 0.460 e. The first-order valence-electron chi connectivity index (χ1n) is 3.55. The van der Waals surface area contributed by atoms with Gasteiger partial charge in [-0.15, -0.1) is 0 Å². The summed E-state index contributed by atoms with van der Waals surface area (Å²) < 4.78 is 84.0. The first kappa shape index (κ1) is 14.6. The van der Waals surface area contributed by atoms with Crippen LogP contribution in [0.15, 0.2) is 12.2 Å². The molecule has 0 rings (SSSR count). The number of halogens is 7. The van der Waals surface area contributed by atoms with Crippen molar-refractivity contribution in [2.45, 2.75) is 18.0 Å². The van der Waals surface area contributed by atoms with E-state index in [0.29, 0.717) is 6.08 Å². The Labute approximate surface area is 85.5 Å². The molecule has 0 aliphatic heterocycles. The minimum atomic E-state index is -6.26. The number of allylic oxidation sites excluding steroid dienone is 1. The smallest absolute Gasteiger partial charge is 0.195 e. The maximum Gasteiger partial charge on any atom is 0.460 e. The van der Waals surface area contributed by atoms with Gasteiger partial charge in [0.05, 0.1) is 0 Å². The van der Waals surface area contributed by atoms with Gasteiger partial charge in [0.15, 0.2) is 0 Å². The summed E-state index contributed by atoms with van der Waals surface area (Å²) >= 11 is 1.01. The van der Waals surface area contributed by atoms with Crippen molar-refractivity contribution >= 4 is 11.8 Å². The Hall–Kier alpha value is -0.400. The molecular formula is C7H7F7S. The van der Waals surface area contributed by atoms with Crippen LogP contribution < -0.4 is 0 Å². The Morgan fingerprint density at radius 3 is 1.80 bits per heavy atom. The zero-order chi connectivity index (χ0) is 12.3. The van der Waals surface area contributed by atoms with Gasteiger partial charge in [-0.3, -0.25) is 0 Å². The second-order valence-corrected chi connectivity index (χ2v) is 3.46. The molecule has 0 aromatic heterocycles. The van der Waals surface area contributed by atoms with Gasteiger partial charge in [-0.1, -0.05) is 6.08 Å². The summed E-state index contributed by atoms with van der Waals surface area (Å²) in [7, 11) is 0. The van der Waals surface area contributed by atoms with Crippen molar-refractivity contribution in [1.29, 1.82) is 0 Å². The van der Waals surface area contributed by atoms with E-state index in [4.69, 9.17) is 0 Å². The van der Waals surface area contributed by atoms with Gasteiger partial charge in [0, 0.05) is 5.75 Å². The summed E-state index contributed by atoms with van der Waals surface area (Å²) in [5, 5.41) is 0. The van der Waals surface area contributed by atoms with Crippen LogP contribution in [0.1, 0.15) is 0 Å². The summed E-state index contributed by atoms with van der Waals surface area (Å²) in [6, 6.07) is 0. The third-order valence-corrected chi connectivity index (χ3v) is 1.89. The van der Waals surface area contributed by atoms with Gasteiger partial charge in [0.1, 0.15) is 0 Å². The summed E-state index contributed by atoms with van der Waals surface area (Å²) in [5.74, 6) is -11.3. The lowest BCUT2D eigenvalue weighted by molar-refractivity contribution is -0.341. The van der Waals surface area contributed by atoms with Crippen LogP contribution in [0.2, 0.25) is 0 Å². The molecule has 0 fully saturated rings. The number of rotatable bonds is 4. The Morgan fingerprint density at radius 2 is 1.47 bits per heavy atom. The van der Waals surface area contributed by atoms with Crippen LogP contribution in [-0.2, 0) is 0 Å². The van der Waals surface area contributed by atoms with E-state index in [1.54, 1.807) is 0 Å². The highest BCUT2D eigenvalue weighted by Gasteiger charge is 2.71. The van der Waals surface area contributed by atoms with E-state index in [1.165, 1.54) is 6.26 Å². The lowest BCUT2D eigenvalue weighted by Crippen LogP contribution is -2.50. The van der Waals surface area contributed by atoms with Crippen molar-refractivity contribution in [3.63, 3.8) is 0 Å². The SMILES string of the molecule is CSCC=CC(F)(F)C(F)(F)C(F)(F)F. The predicted molar refractivity (Wildman–Crippen MR) is 43.5 cm³/mol. The zero-order valence-corrected chi connectivity index (χ0v) is 8.23. The molecular weight excluding hydrogens is 249 g/mol. The number of hydrogen-bond donors (Lipinski definition) is 0. The summed E-state index contributed by atoms with van der Waals surface area (Å²) in [4.78, 5) is 0. The Balaban J connectivity index is 4.85. The molecule has 90 valence electrons. The monoisotopic (exact) mass is 256 g/mol. The molecule has 0 aromatic carbocycles. The van der Waals surface area contributed by atoms with Crippen molar-refractivity contribution in [2.75, 3.05) is 12.0 Å².